The van der Waals surface area contributed by atoms with Gasteiger partial charge in [-0.25, -0.2) is 0 Å². The number of nitrogens with one attached hydrogen (secondary N) is 1. The van der Waals surface area contributed by atoms with Crippen molar-refractivity contribution in [3.05, 3.63) is 63.2 Å². The van der Waals surface area contributed by atoms with Crippen molar-refractivity contribution in [2.45, 2.75) is 19.8 Å². The molecule has 1 saturated heterocycles. The third-order valence-corrected chi connectivity index (χ3v) is 4.88. The van der Waals surface area contributed by atoms with E-state index in [2.05, 4.69) is 12.2 Å². The number of amides is 2. The smallest absolute Gasteiger partial charge is 0.289 e. The maximum atomic E-state index is 12.5. The fourth-order valence-electron chi connectivity index (χ4n) is 3.02. The molecule has 0 bridgehead atoms. The predicted octanol–water partition coefficient (Wildman–Crippen LogP) is 3.80. The number of anilines is 2. The molecule has 2 aromatic rings. The summed E-state index contributed by atoms with van der Waals surface area (Å²) in [5.41, 5.74) is 1.92. The van der Waals surface area contributed by atoms with Gasteiger partial charge in [-0.05, 0) is 36.2 Å². The average Bonchev–Trinajstić information content (AvgIpc) is 3.05. The molecule has 1 aliphatic rings. The summed E-state index contributed by atoms with van der Waals surface area (Å²) in [7, 11) is 0. The minimum atomic E-state index is -0.612. The van der Waals surface area contributed by atoms with Crippen LogP contribution < -0.4 is 10.2 Å². The van der Waals surface area contributed by atoms with Crippen LogP contribution in [0.3, 0.4) is 0 Å². The van der Waals surface area contributed by atoms with Crippen molar-refractivity contribution in [1.29, 1.82) is 0 Å². The van der Waals surface area contributed by atoms with Crippen LogP contribution in [-0.2, 0) is 16.0 Å². The van der Waals surface area contributed by atoms with Crippen LogP contribution in [0.1, 0.15) is 18.9 Å². The molecule has 2 amide bonds. The third kappa shape index (κ3) is 4.09. The number of aryl methyl sites for hydroxylation is 1. The highest BCUT2D eigenvalue weighted by Crippen LogP contribution is 2.29. The van der Waals surface area contributed by atoms with Gasteiger partial charge >= 0.3 is 0 Å². The molecular weight excluding hydrogens is 370 g/mol. The molecule has 8 heteroatoms. The maximum Gasteiger partial charge on any atom is 0.289 e. The fourth-order valence-corrected chi connectivity index (χ4v) is 3.21. The minimum absolute atomic E-state index is 0.00394. The summed E-state index contributed by atoms with van der Waals surface area (Å²) in [6.45, 7) is 2.32. The van der Waals surface area contributed by atoms with E-state index in [-0.39, 0.29) is 41.2 Å². The lowest BCUT2D eigenvalue weighted by atomic mass is 10.1. The van der Waals surface area contributed by atoms with Gasteiger partial charge in [0.25, 0.3) is 5.69 Å². The Bertz CT molecular complexity index is 898. The van der Waals surface area contributed by atoms with E-state index in [1.165, 1.54) is 23.8 Å². The molecule has 27 heavy (non-hydrogen) atoms. The first kappa shape index (κ1) is 18.8. The lowest BCUT2D eigenvalue weighted by molar-refractivity contribution is -0.384. The molecule has 1 aliphatic heterocycles. The van der Waals surface area contributed by atoms with Gasteiger partial charge in [0.05, 0.1) is 10.8 Å². The van der Waals surface area contributed by atoms with Gasteiger partial charge in [-0.2, -0.15) is 0 Å². The van der Waals surface area contributed by atoms with Crippen LogP contribution in [-0.4, -0.2) is 23.3 Å². The maximum absolute atomic E-state index is 12.5. The molecule has 140 valence electrons. The van der Waals surface area contributed by atoms with Crippen LogP contribution in [0.25, 0.3) is 0 Å². The van der Waals surface area contributed by atoms with Crippen molar-refractivity contribution in [3.63, 3.8) is 0 Å². The van der Waals surface area contributed by atoms with Gasteiger partial charge < -0.3 is 10.2 Å². The Kier molecular flexibility index (Phi) is 5.41. The molecule has 1 atom stereocenters. The number of hydrogen-bond acceptors (Lipinski definition) is 4. The Labute approximate surface area is 161 Å². The lowest BCUT2D eigenvalue weighted by Gasteiger charge is -2.17. The number of hydrogen-bond donors (Lipinski definition) is 1. The van der Waals surface area contributed by atoms with E-state index in [0.717, 1.165) is 12.1 Å². The van der Waals surface area contributed by atoms with E-state index >= 15 is 0 Å². The van der Waals surface area contributed by atoms with Gasteiger partial charge in [0.1, 0.15) is 5.02 Å². The van der Waals surface area contributed by atoms with Crippen LogP contribution in [0.5, 0.6) is 0 Å². The number of carbonyl (C=O) groups excluding carboxylic acids is 2. The van der Waals surface area contributed by atoms with Gasteiger partial charge in [0.2, 0.25) is 11.8 Å². The summed E-state index contributed by atoms with van der Waals surface area (Å²) in [5, 5.41) is 13.6. The number of nitrogens with zero attached hydrogens (tertiary/aromatic N) is 2. The van der Waals surface area contributed by atoms with E-state index in [9.17, 15) is 19.7 Å². The summed E-state index contributed by atoms with van der Waals surface area (Å²) in [5.74, 6) is -1.01. The second-order valence-corrected chi connectivity index (χ2v) is 6.75. The first-order valence-corrected chi connectivity index (χ1v) is 8.91. The number of nitro benzene ring substituents is 1. The topological polar surface area (TPSA) is 92.6 Å². The zero-order valence-electron chi connectivity index (χ0n) is 14.6. The Morgan fingerprint density at radius 1 is 1.30 bits per heavy atom. The molecule has 0 aromatic heterocycles. The van der Waals surface area contributed by atoms with E-state index < -0.39 is 10.8 Å². The molecule has 2 aromatic carbocycles. The summed E-state index contributed by atoms with van der Waals surface area (Å²) in [6, 6.07) is 11.7. The molecule has 0 radical (unpaired) electrons. The Balaban J connectivity index is 1.70. The molecule has 3 rings (SSSR count). The normalized spacial score (nSPS) is 16.4. The van der Waals surface area contributed by atoms with Gasteiger partial charge in [-0.1, -0.05) is 30.7 Å². The number of nitro groups is 1. The molecule has 1 fully saturated rings. The Morgan fingerprint density at radius 3 is 2.63 bits per heavy atom. The average molecular weight is 388 g/mol. The Morgan fingerprint density at radius 2 is 2.00 bits per heavy atom. The highest BCUT2D eigenvalue weighted by Gasteiger charge is 2.35. The van der Waals surface area contributed by atoms with Crippen LogP contribution in [0.15, 0.2) is 42.5 Å². The monoisotopic (exact) mass is 387 g/mol. The van der Waals surface area contributed by atoms with Crippen molar-refractivity contribution in [3.8, 4) is 0 Å². The van der Waals surface area contributed by atoms with E-state index in [1.54, 1.807) is 4.90 Å². The summed E-state index contributed by atoms with van der Waals surface area (Å²) in [6.07, 6.45) is 1.00. The molecule has 0 saturated carbocycles. The van der Waals surface area contributed by atoms with Crippen LogP contribution in [0, 0.1) is 16.0 Å². The zero-order chi connectivity index (χ0) is 19.6. The molecule has 0 unspecified atom stereocenters. The highest BCUT2D eigenvalue weighted by atomic mass is 35.5. The number of carbonyl (C=O) groups is 2. The number of rotatable bonds is 5. The van der Waals surface area contributed by atoms with Crippen LogP contribution in [0.2, 0.25) is 5.02 Å². The first-order chi connectivity index (χ1) is 12.9. The largest absolute Gasteiger partial charge is 0.326 e. The van der Waals surface area contributed by atoms with Gasteiger partial charge in [-0.15, -0.1) is 0 Å². The second-order valence-electron chi connectivity index (χ2n) is 6.34. The lowest BCUT2D eigenvalue weighted by Crippen LogP contribution is -2.28. The molecule has 7 nitrogen and oxygen atoms in total. The van der Waals surface area contributed by atoms with Crippen molar-refractivity contribution >= 4 is 40.5 Å². The van der Waals surface area contributed by atoms with E-state index in [0.29, 0.717) is 0 Å². The minimum Gasteiger partial charge on any atom is -0.326 e. The standard InChI is InChI=1S/C19H18ClN3O4/c1-2-12-3-6-15(7-4-12)22-11-13(9-18(22)24)19(25)21-14-5-8-16(20)17(10-14)23(26)27/h3-8,10,13H,2,9,11H2,1H3,(H,21,25)/t13-/m1/s1. The van der Waals surface area contributed by atoms with E-state index in [4.69, 9.17) is 11.6 Å². The van der Waals surface area contributed by atoms with Crippen molar-refractivity contribution in [1.82, 2.24) is 0 Å². The highest BCUT2D eigenvalue weighted by molar-refractivity contribution is 6.32. The summed E-state index contributed by atoms with van der Waals surface area (Å²) >= 11 is 5.78. The number of halogens is 1. The zero-order valence-corrected chi connectivity index (χ0v) is 15.4. The van der Waals surface area contributed by atoms with Crippen LogP contribution >= 0.6 is 11.6 Å². The predicted molar refractivity (Wildman–Crippen MR) is 103 cm³/mol. The van der Waals surface area contributed by atoms with Gasteiger partial charge in [-0.3, -0.25) is 19.7 Å². The van der Waals surface area contributed by atoms with Gasteiger partial charge in [0, 0.05) is 30.4 Å². The first-order valence-electron chi connectivity index (χ1n) is 8.53. The molecule has 0 spiro atoms. The van der Waals surface area contributed by atoms with Crippen molar-refractivity contribution in [2.75, 3.05) is 16.8 Å². The van der Waals surface area contributed by atoms with Crippen molar-refractivity contribution in [2.24, 2.45) is 5.92 Å². The molecular formula is C19H18ClN3O4. The van der Waals surface area contributed by atoms with Crippen molar-refractivity contribution < 1.29 is 14.5 Å². The van der Waals surface area contributed by atoms with Crippen LogP contribution in [0.4, 0.5) is 17.1 Å². The fraction of sp³-hybridized carbons (Fsp3) is 0.263. The summed E-state index contributed by atoms with van der Waals surface area (Å²) in [4.78, 5) is 36.8. The molecule has 0 aliphatic carbocycles. The van der Waals surface area contributed by atoms with E-state index in [1.807, 2.05) is 24.3 Å². The third-order valence-electron chi connectivity index (χ3n) is 4.56. The quantitative estimate of drug-likeness (QED) is 0.623. The second kappa shape index (κ2) is 7.75. The SMILES string of the molecule is CCc1ccc(N2C[C@H](C(=O)Nc3ccc(Cl)c([N+](=O)[O-])c3)CC2=O)cc1. The Hall–Kier alpha value is -2.93. The number of benzene rings is 2. The van der Waals surface area contributed by atoms with Gasteiger partial charge in [0.15, 0.2) is 0 Å². The molecule has 1 heterocycles. The summed E-state index contributed by atoms with van der Waals surface area (Å²) < 4.78 is 0. The molecule has 1 N–H and O–H groups in total.